The Morgan fingerprint density at radius 2 is 2.06 bits per heavy atom. The lowest BCUT2D eigenvalue weighted by molar-refractivity contribution is -0.132. The molecular formula is C26H31N5O3. The second-order valence-corrected chi connectivity index (χ2v) is 9.21. The molecule has 0 saturated carbocycles. The van der Waals surface area contributed by atoms with Crippen molar-refractivity contribution in [1.82, 2.24) is 19.8 Å². The highest BCUT2D eigenvalue weighted by Crippen LogP contribution is 2.46. The lowest BCUT2D eigenvalue weighted by Gasteiger charge is -2.39. The Hall–Kier alpha value is -3.39. The molecule has 2 N–H and O–H groups in total. The monoisotopic (exact) mass is 461 g/mol. The van der Waals surface area contributed by atoms with E-state index >= 15 is 0 Å². The Labute approximate surface area is 199 Å². The Morgan fingerprint density at radius 1 is 1.24 bits per heavy atom. The number of aryl methyl sites for hydroxylation is 2. The number of likely N-dealkylation sites (tertiary alicyclic amines) is 1. The van der Waals surface area contributed by atoms with Gasteiger partial charge in [0, 0.05) is 50.8 Å². The van der Waals surface area contributed by atoms with Crippen LogP contribution in [0.4, 0.5) is 5.69 Å². The molecule has 3 atom stereocenters. The highest BCUT2D eigenvalue weighted by molar-refractivity contribution is 5.97. The van der Waals surface area contributed by atoms with Crippen molar-refractivity contribution in [3.8, 4) is 0 Å². The van der Waals surface area contributed by atoms with Crippen molar-refractivity contribution in [3.05, 3.63) is 59.4 Å². The molecule has 1 saturated heterocycles. The maximum absolute atomic E-state index is 13.2. The lowest BCUT2D eigenvalue weighted by atomic mass is 9.83. The minimum absolute atomic E-state index is 0.0376. The van der Waals surface area contributed by atoms with Crippen LogP contribution in [-0.2, 0) is 16.6 Å². The number of nitrogens with zero attached hydrogens (tertiary/aromatic N) is 3. The number of hydrogen-bond donors (Lipinski definition) is 2. The molecule has 178 valence electrons. The number of anilines is 1. The Balaban J connectivity index is 1.24. The maximum atomic E-state index is 13.2. The Kier molecular flexibility index (Phi) is 6.00. The summed E-state index contributed by atoms with van der Waals surface area (Å²) in [7, 11) is 3.67. The maximum Gasteiger partial charge on any atom is 0.251 e. The first-order chi connectivity index (χ1) is 16.5. The summed E-state index contributed by atoms with van der Waals surface area (Å²) in [5.41, 5.74) is 4.56. The highest BCUT2D eigenvalue weighted by atomic mass is 16.5. The van der Waals surface area contributed by atoms with E-state index < -0.39 is 0 Å². The molecule has 0 spiro atoms. The molecule has 1 fully saturated rings. The molecular weight excluding hydrogens is 430 g/mol. The van der Waals surface area contributed by atoms with Crippen LogP contribution in [0.5, 0.6) is 0 Å². The predicted octanol–water partition coefficient (Wildman–Crippen LogP) is 3.03. The molecule has 2 amide bonds. The van der Waals surface area contributed by atoms with Crippen LogP contribution in [0.25, 0.3) is 11.0 Å². The number of methoxy groups -OCH3 is 1. The van der Waals surface area contributed by atoms with E-state index in [0.29, 0.717) is 31.2 Å². The smallest absolute Gasteiger partial charge is 0.251 e. The summed E-state index contributed by atoms with van der Waals surface area (Å²) in [5.74, 6) is 1.08. The van der Waals surface area contributed by atoms with Crippen LogP contribution in [0, 0.1) is 12.8 Å². The number of carbonyl (C=O) groups is 2. The number of hydrogen-bond acceptors (Lipinski definition) is 5. The van der Waals surface area contributed by atoms with Crippen LogP contribution in [-0.4, -0.2) is 59.1 Å². The molecule has 0 bridgehead atoms. The Bertz CT molecular complexity index is 1240. The molecule has 1 aromatic heterocycles. The van der Waals surface area contributed by atoms with Gasteiger partial charge in [-0.1, -0.05) is 18.2 Å². The summed E-state index contributed by atoms with van der Waals surface area (Å²) in [6.45, 7) is 3.56. The average Bonchev–Trinajstić information content (AvgIpc) is 3.41. The molecule has 34 heavy (non-hydrogen) atoms. The topological polar surface area (TPSA) is 88.5 Å². The summed E-state index contributed by atoms with van der Waals surface area (Å²) in [6.07, 6.45) is 1.20. The summed E-state index contributed by atoms with van der Waals surface area (Å²) in [4.78, 5) is 32.4. The fourth-order valence-electron chi connectivity index (χ4n) is 5.44. The van der Waals surface area contributed by atoms with E-state index in [1.807, 2.05) is 41.6 Å². The first kappa shape index (κ1) is 22.4. The van der Waals surface area contributed by atoms with Gasteiger partial charge in [-0.05, 0) is 43.2 Å². The van der Waals surface area contributed by atoms with Gasteiger partial charge in [-0.3, -0.25) is 9.59 Å². The van der Waals surface area contributed by atoms with Gasteiger partial charge >= 0.3 is 0 Å². The minimum Gasteiger partial charge on any atom is -0.383 e. The van der Waals surface area contributed by atoms with E-state index in [2.05, 4.69) is 27.8 Å². The zero-order valence-electron chi connectivity index (χ0n) is 19.9. The van der Waals surface area contributed by atoms with Crippen molar-refractivity contribution in [1.29, 1.82) is 0 Å². The molecule has 8 heteroatoms. The molecule has 3 heterocycles. The number of amides is 2. The third kappa shape index (κ3) is 3.92. The van der Waals surface area contributed by atoms with Gasteiger partial charge in [-0.15, -0.1) is 0 Å². The highest BCUT2D eigenvalue weighted by Gasteiger charge is 2.45. The van der Waals surface area contributed by atoms with E-state index in [-0.39, 0.29) is 30.3 Å². The van der Waals surface area contributed by atoms with Crippen molar-refractivity contribution in [2.75, 3.05) is 32.1 Å². The SMILES string of the molecule is COC[C@@H]1Nc2ccccc2[C@H]2[C@@H]1CCN2C(=O)CCNC(=O)c1ccc2c(c1)nc(C)n2C. The molecule has 5 rings (SSSR count). The van der Waals surface area contributed by atoms with Crippen LogP contribution in [0.1, 0.15) is 40.6 Å². The summed E-state index contributed by atoms with van der Waals surface area (Å²) in [6, 6.07) is 13.9. The molecule has 0 radical (unpaired) electrons. The molecule has 3 aromatic rings. The average molecular weight is 462 g/mol. The van der Waals surface area contributed by atoms with Gasteiger partial charge in [0.05, 0.1) is 29.7 Å². The first-order valence-electron chi connectivity index (χ1n) is 11.8. The van der Waals surface area contributed by atoms with Crippen molar-refractivity contribution < 1.29 is 14.3 Å². The van der Waals surface area contributed by atoms with Crippen LogP contribution in [0.3, 0.4) is 0 Å². The fourth-order valence-corrected chi connectivity index (χ4v) is 5.44. The van der Waals surface area contributed by atoms with Crippen molar-refractivity contribution in [2.45, 2.75) is 31.8 Å². The number of carbonyl (C=O) groups excluding carboxylic acids is 2. The number of imidazole rings is 1. The van der Waals surface area contributed by atoms with E-state index in [9.17, 15) is 9.59 Å². The first-order valence-corrected chi connectivity index (χ1v) is 11.8. The van der Waals surface area contributed by atoms with Gasteiger partial charge in [0.25, 0.3) is 5.91 Å². The number of ether oxygens (including phenoxy) is 1. The zero-order chi connectivity index (χ0) is 23.8. The van der Waals surface area contributed by atoms with E-state index in [4.69, 9.17) is 4.74 Å². The van der Waals surface area contributed by atoms with E-state index in [1.54, 1.807) is 19.2 Å². The van der Waals surface area contributed by atoms with Gasteiger partial charge in [-0.25, -0.2) is 4.98 Å². The molecule has 0 unspecified atom stereocenters. The Morgan fingerprint density at radius 3 is 2.88 bits per heavy atom. The lowest BCUT2D eigenvalue weighted by Crippen LogP contribution is -2.43. The van der Waals surface area contributed by atoms with Crippen LogP contribution in [0.2, 0.25) is 0 Å². The predicted molar refractivity (Wildman–Crippen MR) is 131 cm³/mol. The molecule has 2 aliphatic heterocycles. The van der Waals surface area contributed by atoms with Crippen molar-refractivity contribution >= 4 is 28.5 Å². The summed E-state index contributed by atoms with van der Waals surface area (Å²) < 4.78 is 7.44. The summed E-state index contributed by atoms with van der Waals surface area (Å²) in [5, 5.41) is 6.50. The second kappa shape index (κ2) is 9.10. The van der Waals surface area contributed by atoms with Crippen LogP contribution >= 0.6 is 0 Å². The number of aromatic nitrogens is 2. The van der Waals surface area contributed by atoms with Gasteiger partial charge in [0.1, 0.15) is 5.82 Å². The number of benzene rings is 2. The third-order valence-electron chi connectivity index (χ3n) is 7.24. The van der Waals surface area contributed by atoms with E-state index in [1.165, 1.54) is 0 Å². The minimum atomic E-state index is -0.190. The number of para-hydroxylation sites is 1. The molecule has 2 aliphatic rings. The van der Waals surface area contributed by atoms with E-state index in [0.717, 1.165) is 34.5 Å². The number of rotatable bonds is 6. The fraction of sp³-hybridized carbons (Fsp3) is 0.423. The number of fused-ring (bicyclic) bond motifs is 4. The molecule has 8 nitrogen and oxygen atoms in total. The van der Waals surface area contributed by atoms with Crippen molar-refractivity contribution in [3.63, 3.8) is 0 Å². The quantitative estimate of drug-likeness (QED) is 0.589. The standard InChI is InChI=1S/C26H31N5O3/c1-16-28-21-14-17(8-9-23(21)30(16)2)26(33)27-12-10-24(32)31-13-11-19-22(15-34-3)29-20-7-5-4-6-18(20)25(19)31/h4-9,14,19,22,25,29H,10-13,15H2,1-3H3,(H,27,33)/t19-,22+,25+/m1/s1. The van der Waals surface area contributed by atoms with Gasteiger partial charge in [0.2, 0.25) is 5.91 Å². The van der Waals surface area contributed by atoms with Crippen LogP contribution < -0.4 is 10.6 Å². The van der Waals surface area contributed by atoms with Crippen molar-refractivity contribution in [2.24, 2.45) is 13.0 Å². The normalized spacial score (nSPS) is 21.1. The third-order valence-corrected chi connectivity index (χ3v) is 7.24. The van der Waals surface area contributed by atoms with Gasteiger partial charge < -0.3 is 24.8 Å². The van der Waals surface area contributed by atoms with Crippen LogP contribution in [0.15, 0.2) is 42.5 Å². The second-order valence-electron chi connectivity index (χ2n) is 9.21. The largest absolute Gasteiger partial charge is 0.383 e. The molecule has 0 aliphatic carbocycles. The number of nitrogens with one attached hydrogen (secondary N) is 2. The van der Waals surface area contributed by atoms with Gasteiger partial charge in [0.15, 0.2) is 0 Å². The van der Waals surface area contributed by atoms with Gasteiger partial charge in [-0.2, -0.15) is 0 Å². The molecule has 2 aromatic carbocycles. The zero-order valence-corrected chi connectivity index (χ0v) is 19.9. The summed E-state index contributed by atoms with van der Waals surface area (Å²) >= 11 is 0.